The van der Waals surface area contributed by atoms with E-state index in [2.05, 4.69) is 5.32 Å². The zero-order valence-corrected chi connectivity index (χ0v) is 6.44. The molecule has 1 saturated heterocycles. The Morgan fingerprint density at radius 2 is 2.50 bits per heavy atom. The largest absolute Gasteiger partial charge is 0.336 e. The summed E-state index contributed by atoms with van der Waals surface area (Å²) in [6, 6.07) is 0. The first-order valence-corrected chi connectivity index (χ1v) is 3.34. The lowest BCUT2D eigenvalue weighted by molar-refractivity contribution is -0.121. The molecule has 0 spiro atoms. The Labute approximate surface area is 64.4 Å². The van der Waals surface area contributed by atoms with Crippen LogP contribution in [-0.2, 0) is 4.79 Å². The van der Waals surface area contributed by atoms with Gasteiger partial charge in [-0.05, 0) is 12.2 Å². The number of nitrogens with zero attached hydrogens (tertiary/aromatic N) is 1. The summed E-state index contributed by atoms with van der Waals surface area (Å²) in [6.07, 6.45) is 0.0534. The molecule has 10 heavy (non-hydrogen) atoms. The molecule has 1 fully saturated rings. The van der Waals surface area contributed by atoms with Crippen LogP contribution in [0.5, 0.6) is 0 Å². The Hall–Kier alpha value is -0.680. The molecule has 3 N–H and O–H groups in total. The summed E-state index contributed by atoms with van der Waals surface area (Å²) in [4.78, 5) is 12.4. The number of hydrogen-bond donors (Lipinski definition) is 2. The second-order valence-corrected chi connectivity index (χ2v) is 2.62. The highest BCUT2D eigenvalue weighted by Gasteiger charge is 2.23. The average Bonchev–Trinajstić information content (AvgIpc) is 1.82. The molecule has 56 valence electrons. The van der Waals surface area contributed by atoms with Gasteiger partial charge in [0.1, 0.15) is 0 Å². The van der Waals surface area contributed by atoms with E-state index in [1.807, 2.05) is 0 Å². The summed E-state index contributed by atoms with van der Waals surface area (Å²) in [5, 5.41) is 2.90. The Balaban J connectivity index is 2.66. The minimum Gasteiger partial charge on any atom is -0.336 e. The fourth-order valence-electron chi connectivity index (χ4n) is 0.736. The summed E-state index contributed by atoms with van der Waals surface area (Å²) in [5.41, 5.74) is 5.54. The zero-order chi connectivity index (χ0) is 7.72. The van der Waals surface area contributed by atoms with Gasteiger partial charge in [-0.2, -0.15) is 0 Å². The maximum atomic E-state index is 10.7. The van der Waals surface area contributed by atoms with Crippen molar-refractivity contribution in [3.05, 3.63) is 0 Å². The van der Waals surface area contributed by atoms with E-state index in [9.17, 15) is 4.79 Å². The van der Waals surface area contributed by atoms with Crippen LogP contribution in [0.1, 0.15) is 6.42 Å². The van der Waals surface area contributed by atoms with E-state index in [4.69, 9.17) is 18.0 Å². The van der Waals surface area contributed by atoms with Gasteiger partial charge in [0, 0.05) is 7.05 Å². The molecule has 0 radical (unpaired) electrons. The third-order valence-electron chi connectivity index (χ3n) is 1.46. The van der Waals surface area contributed by atoms with Gasteiger partial charge in [-0.1, -0.05) is 0 Å². The van der Waals surface area contributed by atoms with E-state index >= 15 is 0 Å². The topological polar surface area (TPSA) is 58.4 Å². The van der Waals surface area contributed by atoms with Crippen molar-refractivity contribution in [2.75, 3.05) is 7.05 Å². The molecule has 1 amide bonds. The fourth-order valence-corrected chi connectivity index (χ4v) is 0.985. The third-order valence-corrected chi connectivity index (χ3v) is 1.85. The molecule has 1 heterocycles. The van der Waals surface area contributed by atoms with Crippen LogP contribution in [0.15, 0.2) is 0 Å². The molecule has 0 saturated carbocycles. The Bertz CT molecular complexity index is 182. The minimum absolute atomic E-state index is 0.101. The van der Waals surface area contributed by atoms with Crippen LogP contribution in [0.2, 0.25) is 0 Å². The first-order chi connectivity index (χ1) is 4.61. The molecule has 5 heteroatoms. The maximum Gasteiger partial charge on any atom is 0.229 e. The summed E-state index contributed by atoms with van der Waals surface area (Å²) < 4.78 is 0. The van der Waals surface area contributed by atoms with Gasteiger partial charge >= 0.3 is 0 Å². The smallest absolute Gasteiger partial charge is 0.229 e. The van der Waals surface area contributed by atoms with Crippen LogP contribution in [0.4, 0.5) is 0 Å². The van der Waals surface area contributed by atoms with Gasteiger partial charge in [-0.3, -0.25) is 4.79 Å². The van der Waals surface area contributed by atoms with Gasteiger partial charge in [0.05, 0.1) is 12.6 Å². The number of thiocarbonyl (C=S) groups is 1. The van der Waals surface area contributed by atoms with E-state index in [1.165, 1.54) is 0 Å². The molecule has 1 atom stereocenters. The molecular formula is C5H9N3OS. The Morgan fingerprint density at radius 1 is 1.90 bits per heavy atom. The summed E-state index contributed by atoms with van der Waals surface area (Å²) >= 11 is 4.80. The SMILES string of the molecule is CN1C(=S)NC(=O)CC1N. The number of carbonyl (C=O) groups is 1. The van der Waals surface area contributed by atoms with Crippen LogP contribution in [0.25, 0.3) is 0 Å². The van der Waals surface area contributed by atoms with Crippen molar-refractivity contribution < 1.29 is 4.79 Å². The Morgan fingerprint density at radius 3 is 3.00 bits per heavy atom. The molecule has 1 unspecified atom stereocenters. The van der Waals surface area contributed by atoms with E-state index in [0.29, 0.717) is 11.5 Å². The molecule has 0 aromatic rings. The van der Waals surface area contributed by atoms with E-state index in [1.54, 1.807) is 11.9 Å². The van der Waals surface area contributed by atoms with Gasteiger partial charge in [0.25, 0.3) is 0 Å². The quantitative estimate of drug-likeness (QED) is 0.445. The zero-order valence-electron chi connectivity index (χ0n) is 5.63. The summed E-state index contributed by atoms with van der Waals surface area (Å²) in [6.45, 7) is 0. The Kier molecular flexibility index (Phi) is 1.87. The normalized spacial score (nSPS) is 26.6. The van der Waals surface area contributed by atoms with Gasteiger partial charge in [-0.25, -0.2) is 0 Å². The lowest BCUT2D eigenvalue weighted by Crippen LogP contribution is -2.56. The van der Waals surface area contributed by atoms with Crippen molar-refractivity contribution in [1.29, 1.82) is 0 Å². The van der Waals surface area contributed by atoms with E-state index < -0.39 is 0 Å². The van der Waals surface area contributed by atoms with Crippen molar-refractivity contribution in [2.24, 2.45) is 5.73 Å². The molecule has 0 aromatic carbocycles. The molecule has 1 aliphatic heterocycles. The molecule has 4 nitrogen and oxygen atoms in total. The first kappa shape index (κ1) is 7.43. The minimum atomic E-state index is -0.263. The van der Waals surface area contributed by atoms with E-state index in [0.717, 1.165) is 0 Å². The van der Waals surface area contributed by atoms with Crippen molar-refractivity contribution >= 4 is 23.2 Å². The monoisotopic (exact) mass is 159 g/mol. The van der Waals surface area contributed by atoms with Crippen LogP contribution in [-0.4, -0.2) is 29.1 Å². The third kappa shape index (κ3) is 1.25. The lowest BCUT2D eigenvalue weighted by atomic mass is 10.3. The molecule has 0 aliphatic carbocycles. The highest BCUT2D eigenvalue weighted by molar-refractivity contribution is 7.80. The van der Waals surface area contributed by atoms with Crippen molar-refractivity contribution in [2.45, 2.75) is 12.6 Å². The molecular weight excluding hydrogens is 150 g/mol. The average molecular weight is 159 g/mol. The van der Waals surface area contributed by atoms with E-state index in [-0.39, 0.29) is 12.1 Å². The van der Waals surface area contributed by atoms with Gasteiger partial charge in [0.15, 0.2) is 5.11 Å². The fraction of sp³-hybridized carbons (Fsp3) is 0.600. The second kappa shape index (κ2) is 2.51. The molecule has 1 aliphatic rings. The second-order valence-electron chi connectivity index (χ2n) is 2.24. The molecule has 1 rings (SSSR count). The lowest BCUT2D eigenvalue weighted by Gasteiger charge is -2.31. The van der Waals surface area contributed by atoms with Gasteiger partial charge in [-0.15, -0.1) is 0 Å². The van der Waals surface area contributed by atoms with Crippen molar-refractivity contribution in [3.63, 3.8) is 0 Å². The molecule has 0 bridgehead atoms. The van der Waals surface area contributed by atoms with Crippen LogP contribution in [0.3, 0.4) is 0 Å². The van der Waals surface area contributed by atoms with Crippen LogP contribution >= 0.6 is 12.2 Å². The predicted octanol–water partition coefficient (Wildman–Crippen LogP) is -0.992. The number of nitrogens with two attached hydrogens (primary N) is 1. The number of rotatable bonds is 0. The molecule has 0 aromatic heterocycles. The van der Waals surface area contributed by atoms with Crippen molar-refractivity contribution in [1.82, 2.24) is 10.2 Å². The summed E-state index contributed by atoms with van der Waals surface area (Å²) in [5.74, 6) is -0.101. The number of hydrogen-bond acceptors (Lipinski definition) is 3. The van der Waals surface area contributed by atoms with Crippen LogP contribution < -0.4 is 11.1 Å². The standard InChI is InChI=1S/C5H9N3OS/c1-8-3(6)2-4(9)7-5(8)10/h3H,2,6H2,1H3,(H,7,9,10). The number of nitrogens with one attached hydrogen (secondary N) is 1. The number of carbonyl (C=O) groups excluding carboxylic acids is 1. The highest BCUT2D eigenvalue weighted by Crippen LogP contribution is 2.01. The number of amides is 1. The first-order valence-electron chi connectivity index (χ1n) is 2.93. The highest BCUT2D eigenvalue weighted by atomic mass is 32.1. The van der Waals surface area contributed by atoms with Gasteiger partial charge < -0.3 is 16.0 Å². The predicted molar refractivity (Wildman–Crippen MR) is 41.1 cm³/mol. The van der Waals surface area contributed by atoms with Crippen molar-refractivity contribution in [3.8, 4) is 0 Å². The maximum absolute atomic E-state index is 10.7. The summed E-state index contributed by atoms with van der Waals surface area (Å²) in [7, 11) is 1.76. The van der Waals surface area contributed by atoms with Crippen LogP contribution in [0, 0.1) is 0 Å². The van der Waals surface area contributed by atoms with Gasteiger partial charge in [0.2, 0.25) is 5.91 Å².